The molecule has 0 bridgehead atoms. The van der Waals surface area contributed by atoms with Gasteiger partial charge < -0.3 is 4.74 Å². The molecule has 0 saturated carbocycles. The van der Waals surface area contributed by atoms with Crippen molar-refractivity contribution in [1.29, 1.82) is 0 Å². The summed E-state index contributed by atoms with van der Waals surface area (Å²) in [4.78, 5) is 0. The van der Waals surface area contributed by atoms with Crippen LogP contribution in [-0.2, 0) is 17.6 Å². The lowest BCUT2D eigenvalue weighted by molar-refractivity contribution is -0.462. The van der Waals surface area contributed by atoms with Crippen molar-refractivity contribution in [3.63, 3.8) is 0 Å². The van der Waals surface area contributed by atoms with Crippen molar-refractivity contribution in [3.8, 4) is 0 Å². The zero-order valence-electron chi connectivity index (χ0n) is 21.2. The molecule has 176 valence electrons. The SMILES string of the molecule is CCc1ccc(C2=CC(=CC=CC=C3C=CC(=[N+](C)C)C=C3)OC(c3ccc(CC)cc3)=C2)cc1. The van der Waals surface area contributed by atoms with Crippen LogP contribution in [0.5, 0.6) is 0 Å². The van der Waals surface area contributed by atoms with Crippen LogP contribution in [-0.4, -0.2) is 24.4 Å². The topological polar surface area (TPSA) is 12.2 Å². The third-order valence-corrected chi connectivity index (χ3v) is 6.22. The molecule has 35 heavy (non-hydrogen) atoms. The van der Waals surface area contributed by atoms with Gasteiger partial charge in [0.05, 0.1) is 0 Å². The average Bonchev–Trinajstić information content (AvgIpc) is 2.91. The van der Waals surface area contributed by atoms with Crippen LogP contribution in [0.15, 0.2) is 121 Å². The van der Waals surface area contributed by atoms with E-state index in [0.717, 1.165) is 35.5 Å². The summed E-state index contributed by atoms with van der Waals surface area (Å²) >= 11 is 0. The molecule has 1 aliphatic carbocycles. The van der Waals surface area contributed by atoms with Crippen molar-refractivity contribution in [2.24, 2.45) is 0 Å². The lowest BCUT2D eigenvalue weighted by Crippen LogP contribution is -2.09. The van der Waals surface area contributed by atoms with Gasteiger partial charge in [0.2, 0.25) is 0 Å². The van der Waals surface area contributed by atoms with Gasteiger partial charge in [0.1, 0.15) is 25.6 Å². The smallest absolute Gasteiger partial charge is 0.199 e. The van der Waals surface area contributed by atoms with Gasteiger partial charge in [-0.15, -0.1) is 0 Å². The first kappa shape index (κ1) is 24.2. The lowest BCUT2D eigenvalue weighted by atomic mass is 9.98. The number of rotatable bonds is 6. The summed E-state index contributed by atoms with van der Waals surface area (Å²) in [7, 11) is 4.10. The first-order valence-corrected chi connectivity index (χ1v) is 12.3. The quantitative estimate of drug-likeness (QED) is 0.407. The molecule has 2 aromatic rings. The molecule has 0 N–H and O–H groups in total. The molecular weight excluding hydrogens is 426 g/mol. The third-order valence-electron chi connectivity index (χ3n) is 6.22. The molecule has 0 amide bonds. The Balaban J connectivity index is 1.60. The molecule has 2 aromatic carbocycles. The molecule has 0 fully saturated rings. The van der Waals surface area contributed by atoms with Crippen LogP contribution >= 0.6 is 0 Å². The summed E-state index contributed by atoms with van der Waals surface area (Å²) in [5, 5.41) is 0. The number of nitrogens with zero attached hydrogens (tertiary/aromatic N) is 1. The fourth-order valence-electron chi connectivity index (χ4n) is 3.95. The molecule has 1 heterocycles. The van der Waals surface area contributed by atoms with Gasteiger partial charge in [0.15, 0.2) is 5.71 Å². The van der Waals surface area contributed by atoms with Gasteiger partial charge in [-0.25, -0.2) is 4.58 Å². The maximum absolute atomic E-state index is 6.31. The maximum atomic E-state index is 6.31. The molecule has 0 atom stereocenters. The molecule has 0 unspecified atom stereocenters. The predicted octanol–water partition coefficient (Wildman–Crippen LogP) is 7.47. The van der Waals surface area contributed by atoms with Crippen LogP contribution in [0.4, 0.5) is 0 Å². The Morgan fingerprint density at radius 1 is 0.686 bits per heavy atom. The van der Waals surface area contributed by atoms with E-state index in [1.165, 1.54) is 28.0 Å². The second-order valence-corrected chi connectivity index (χ2v) is 8.92. The van der Waals surface area contributed by atoms with Gasteiger partial charge in [-0.2, -0.15) is 0 Å². The molecule has 2 aliphatic rings. The second kappa shape index (κ2) is 11.5. The molecular formula is C33H34NO+. The molecule has 1 aliphatic heterocycles. The standard InChI is InChI=1S/C33H34NO/c1-5-25-11-17-28(18-12-25)30-23-32(35-33(24-30)29-19-13-26(6-2)14-20-29)10-8-7-9-27-15-21-31(22-16-27)34(3)4/h7-24H,5-6H2,1-4H3/q+1. The number of allylic oxidation sites excluding steroid dienone is 12. The van der Waals surface area contributed by atoms with E-state index in [4.69, 9.17) is 4.74 Å². The van der Waals surface area contributed by atoms with Crippen LogP contribution in [0.25, 0.3) is 11.3 Å². The fourth-order valence-corrected chi connectivity index (χ4v) is 3.95. The number of aryl methyl sites for hydroxylation is 2. The van der Waals surface area contributed by atoms with Crippen LogP contribution in [0.2, 0.25) is 0 Å². The van der Waals surface area contributed by atoms with Crippen molar-refractivity contribution < 1.29 is 9.31 Å². The summed E-state index contributed by atoms with van der Waals surface area (Å²) in [6.45, 7) is 4.36. The average molecular weight is 461 g/mol. The van der Waals surface area contributed by atoms with Crippen LogP contribution in [0.3, 0.4) is 0 Å². The number of hydrogen-bond acceptors (Lipinski definition) is 1. The van der Waals surface area contributed by atoms with E-state index >= 15 is 0 Å². The summed E-state index contributed by atoms with van der Waals surface area (Å²) in [5.74, 6) is 1.69. The highest BCUT2D eigenvalue weighted by molar-refractivity contribution is 6.02. The van der Waals surface area contributed by atoms with E-state index in [2.05, 4.69) is 130 Å². The van der Waals surface area contributed by atoms with Crippen LogP contribution in [0, 0.1) is 0 Å². The first-order chi connectivity index (χ1) is 17.1. The van der Waals surface area contributed by atoms with Crippen molar-refractivity contribution in [2.45, 2.75) is 26.7 Å². The van der Waals surface area contributed by atoms with Gasteiger partial charge in [0, 0.05) is 17.7 Å². The second-order valence-electron chi connectivity index (χ2n) is 8.92. The van der Waals surface area contributed by atoms with Gasteiger partial charge in [-0.1, -0.05) is 80.6 Å². The molecule has 4 rings (SSSR count). The van der Waals surface area contributed by atoms with E-state index in [0.29, 0.717) is 0 Å². The highest BCUT2D eigenvalue weighted by atomic mass is 16.5. The van der Waals surface area contributed by atoms with E-state index in [1.807, 2.05) is 12.2 Å². The van der Waals surface area contributed by atoms with E-state index < -0.39 is 0 Å². The highest BCUT2D eigenvalue weighted by Crippen LogP contribution is 2.32. The molecule has 2 heteroatoms. The van der Waals surface area contributed by atoms with Crippen molar-refractivity contribution in [1.82, 2.24) is 0 Å². The predicted molar refractivity (Wildman–Crippen MR) is 149 cm³/mol. The minimum atomic E-state index is 0.823. The van der Waals surface area contributed by atoms with Gasteiger partial charge in [0.25, 0.3) is 0 Å². The summed E-state index contributed by atoms with van der Waals surface area (Å²) < 4.78 is 8.41. The Hall–Kier alpha value is -3.91. The van der Waals surface area contributed by atoms with Crippen molar-refractivity contribution >= 4 is 17.0 Å². The summed E-state index contributed by atoms with van der Waals surface area (Å²) in [6.07, 6.45) is 23.0. The zero-order chi connectivity index (χ0) is 24.6. The Labute approximate surface area is 210 Å². The third kappa shape index (κ3) is 6.36. The summed E-state index contributed by atoms with van der Waals surface area (Å²) in [6, 6.07) is 17.4. The monoisotopic (exact) mass is 460 g/mol. The molecule has 0 aromatic heterocycles. The van der Waals surface area contributed by atoms with Gasteiger partial charge >= 0.3 is 0 Å². The first-order valence-electron chi connectivity index (χ1n) is 12.3. The summed E-state index contributed by atoms with van der Waals surface area (Å²) in [5.41, 5.74) is 8.45. The van der Waals surface area contributed by atoms with E-state index in [-0.39, 0.29) is 0 Å². The minimum absolute atomic E-state index is 0.823. The Kier molecular flexibility index (Phi) is 7.95. The normalized spacial score (nSPS) is 16.4. The minimum Gasteiger partial charge on any atom is -0.457 e. The van der Waals surface area contributed by atoms with Crippen molar-refractivity contribution in [2.75, 3.05) is 14.1 Å². The lowest BCUT2D eigenvalue weighted by Gasteiger charge is -2.18. The van der Waals surface area contributed by atoms with Gasteiger partial charge in [-0.3, -0.25) is 0 Å². The molecule has 0 radical (unpaired) electrons. The van der Waals surface area contributed by atoms with Crippen molar-refractivity contribution in [3.05, 3.63) is 143 Å². The molecule has 0 saturated heterocycles. The maximum Gasteiger partial charge on any atom is 0.199 e. The number of benzene rings is 2. The highest BCUT2D eigenvalue weighted by Gasteiger charge is 2.14. The van der Waals surface area contributed by atoms with E-state index in [9.17, 15) is 0 Å². The van der Waals surface area contributed by atoms with Crippen LogP contribution < -0.4 is 0 Å². The fraction of sp³-hybridized carbons (Fsp3) is 0.182. The van der Waals surface area contributed by atoms with Gasteiger partial charge in [-0.05, 0) is 71.1 Å². The number of hydrogen-bond donors (Lipinski definition) is 0. The Morgan fingerprint density at radius 3 is 1.83 bits per heavy atom. The number of ether oxygens (including phenoxy) is 1. The Morgan fingerprint density at radius 2 is 1.26 bits per heavy atom. The largest absolute Gasteiger partial charge is 0.457 e. The molecule has 0 spiro atoms. The van der Waals surface area contributed by atoms with E-state index in [1.54, 1.807) is 0 Å². The zero-order valence-corrected chi connectivity index (χ0v) is 21.2. The molecule has 2 nitrogen and oxygen atoms in total. The Bertz CT molecular complexity index is 1280. The van der Waals surface area contributed by atoms with Crippen LogP contribution in [0.1, 0.15) is 36.1 Å².